The van der Waals surface area contributed by atoms with Crippen LogP contribution in [0.1, 0.15) is 5.56 Å². The van der Waals surface area contributed by atoms with Crippen molar-refractivity contribution in [3.05, 3.63) is 52.8 Å². The lowest BCUT2D eigenvalue weighted by Crippen LogP contribution is -2.13. The Morgan fingerprint density at radius 2 is 1.95 bits per heavy atom. The van der Waals surface area contributed by atoms with Crippen LogP contribution in [0.2, 0.25) is 0 Å². The maximum absolute atomic E-state index is 12.1. The van der Waals surface area contributed by atoms with Crippen molar-refractivity contribution < 1.29 is 8.42 Å². The van der Waals surface area contributed by atoms with Gasteiger partial charge >= 0.3 is 0 Å². The minimum absolute atomic E-state index is 0.0768. The summed E-state index contributed by atoms with van der Waals surface area (Å²) in [6.45, 7) is 0. The van der Waals surface area contributed by atoms with Crippen LogP contribution >= 0.6 is 15.9 Å². The second kappa shape index (κ2) is 6.03. The molecular formula is C13H10BrN3O2S. The highest BCUT2D eigenvalue weighted by Crippen LogP contribution is 2.18. The summed E-state index contributed by atoms with van der Waals surface area (Å²) >= 11 is 3.18. The van der Waals surface area contributed by atoms with Gasteiger partial charge in [-0.15, -0.1) is 0 Å². The van der Waals surface area contributed by atoms with Crippen molar-refractivity contribution >= 4 is 31.6 Å². The molecule has 0 saturated heterocycles. The standard InChI is InChI=1S/C13H10BrN3O2S/c14-11-7-13(9-16-8-11)20(18,19)17-12-3-1-10(2-4-12)5-6-15/h1-4,7-9,17H,5H2. The minimum Gasteiger partial charge on any atom is -0.280 e. The van der Waals surface area contributed by atoms with E-state index in [1.165, 1.54) is 18.5 Å². The van der Waals surface area contributed by atoms with Gasteiger partial charge in [0.05, 0.1) is 12.5 Å². The lowest BCUT2D eigenvalue weighted by molar-refractivity contribution is 0.600. The Labute approximate surface area is 125 Å². The van der Waals surface area contributed by atoms with Gasteiger partial charge in [0.1, 0.15) is 4.90 Å². The molecule has 0 atom stereocenters. The summed E-state index contributed by atoms with van der Waals surface area (Å²) in [5.74, 6) is 0. The number of nitriles is 1. The van der Waals surface area contributed by atoms with Gasteiger partial charge in [0.25, 0.3) is 10.0 Å². The van der Waals surface area contributed by atoms with E-state index in [-0.39, 0.29) is 4.90 Å². The molecular weight excluding hydrogens is 342 g/mol. The van der Waals surface area contributed by atoms with Crippen molar-refractivity contribution in [3.63, 3.8) is 0 Å². The fourth-order valence-electron chi connectivity index (χ4n) is 1.54. The summed E-state index contributed by atoms with van der Waals surface area (Å²) < 4.78 is 27.3. The molecule has 0 aliphatic heterocycles. The van der Waals surface area contributed by atoms with E-state index in [1.54, 1.807) is 24.3 Å². The second-order valence-electron chi connectivity index (χ2n) is 3.98. The summed E-state index contributed by atoms with van der Waals surface area (Å²) in [5, 5.41) is 8.58. The average molecular weight is 352 g/mol. The molecule has 7 heteroatoms. The number of sulfonamides is 1. The first-order chi connectivity index (χ1) is 9.51. The number of aromatic nitrogens is 1. The lowest BCUT2D eigenvalue weighted by Gasteiger charge is -2.08. The van der Waals surface area contributed by atoms with Crippen molar-refractivity contribution in [2.75, 3.05) is 4.72 Å². The molecule has 5 nitrogen and oxygen atoms in total. The summed E-state index contributed by atoms with van der Waals surface area (Å²) in [5.41, 5.74) is 1.27. The molecule has 2 rings (SSSR count). The van der Waals surface area contributed by atoms with Crippen molar-refractivity contribution in [2.24, 2.45) is 0 Å². The molecule has 0 radical (unpaired) electrons. The number of hydrogen-bond donors (Lipinski definition) is 1. The van der Waals surface area contributed by atoms with Gasteiger partial charge in [-0.3, -0.25) is 9.71 Å². The molecule has 1 N–H and O–H groups in total. The van der Waals surface area contributed by atoms with Gasteiger partial charge in [-0.25, -0.2) is 8.42 Å². The molecule has 2 aromatic rings. The van der Waals surface area contributed by atoms with Crippen LogP contribution in [0.15, 0.2) is 52.1 Å². The van der Waals surface area contributed by atoms with Gasteiger partial charge in [-0.1, -0.05) is 12.1 Å². The van der Waals surface area contributed by atoms with Crippen molar-refractivity contribution in [2.45, 2.75) is 11.3 Å². The maximum atomic E-state index is 12.1. The summed E-state index contributed by atoms with van der Waals surface area (Å²) in [6.07, 6.45) is 3.08. The third-order valence-corrected chi connectivity index (χ3v) is 4.26. The van der Waals surface area contributed by atoms with Gasteiger partial charge in [0, 0.05) is 22.6 Å². The molecule has 0 saturated carbocycles. The van der Waals surface area contributed by atoms with E-state index in [0.29, 0.717) is 16.6 Å². The zero-order valence-corrected chi connectivity index (χ0v) is 12.6. The second-order valence-corrected chi connectivity index (χ2v) is 6.57. The van der Waals surface area contributed by atoms with Crippen LogP contribution in [-0.2, 0) is 16.4 Å². The van der Waals surface area contributed by atoms with Crippen molar-refractivity contribution in [1.82, 2.24) is 4.98 Å². The molecule has 0 bridgehead atoms. The highest BCUT2D eigenvalue weighted by atomic mass is 79.9. The molecule has 20 heavy (non-hydrogen) atoms. The fraction of sp³-hybridized carbons (Fsp3) is 0.0769. The Morgan fingerprint density at radius 1 is 1.25 bits per heavy atom. The Hall–Kier alpha value is -1.91. The van der Waals surface area contributed by atoms with Crippen LogP contribution in [-0.4, -0.2) is 13.4 Å². The zero-order chi connectivity index (χ0) is 14.6. The number of benzene rings is 1. The van der Waals surface area contributed by atoms with Crippen LogP contribution in [0, 0.1) is 11.3 Å². The Morgan fingerprint density at radius 3 is 2.55 bits per heavy atom. The highest BCUT2D eigenvalue weighted by molar-refractivity contribution is 9.10. The third kappa shape index (κ3) is 3.56. The van der Waals surface area contributed by atoms with Gasteiger partial charge in [-0.2, -0.15) is 5.26 Å². The van der Waals surface area contributed by atoms with E-state index < -0.39 is 10.0 Å². The molecule has 102 valence electrons. The normalized spacial score (nSPS) is 10.8. The summed E-state index contributed by atoms with van der Waals surface area (Å²) in [7, 11) is -3.67. The molecule has 1 aromatic heterocycles. The first-order valence-electron chi connectivity index (χ1n) is 5.60. The number of anilines is 1. The minimum atomic E-state index is -3.67. The number of halogens is 1. The van der Waals surface area contributed by atoms with E-state index in [0.717, 1.165) is 5.56 Å². The molecule has 0 aliphatic rings. The zero-order valence-electron chi connectivity index (χ0n) is 10.2. The number of nitrogens with zero attached hydrogens (tertiary/aromatic N) is 2. The monoisotopic (exact) mass is 351 g/mol. The Kier molecular flexibility index (Phi) is 4.37. The number of hydrogen-bond acceptors (Lipinski definition) is 4. The molecule has 0 spiro atoms. The van der Waals surface area contributed by atoms with Gasteiger partial charge in [0.2, 0.25) is 0 Å². The smallest absolute Gasteiger partial charge is 0.263 e. The topological polar surface area (TPSA) is 82.9 Å². The number of rotatable bonds is 4. The van der Waals surface area contributed by atoms with Crippen LogP contribution in [0.25, 0.3) is 0 Å². The Balaban J connectivity index is 2.22. The third-order valence-electron chi connectivity index (χ3n) is 2.48. The quantitative estimate of drug-likeness (QED) is 0.917. The van der Waals surface area contributed by atoms with E-state index in [1.807, 2.05) is 6.07 Å². The van der Waals surface area contributed by atoms with Crippen LogP contribution in [0.3, 0.4) is 0 Å². The van der Waals surface area contributed by atoms with E-state index >= 15 is 0 Å². The molecule has 1 heterocycles. The van der Waals surface area contributed by atoms with Crippen LogP contribution in [0.5, 0.6) is 0 Å². The first-order valence-corrected chi connectivity index (χ1v) is 7.88. The lowest BCUT2D eigenvalue weighted by atomic mass is 10.1. The Bertz CT molecular complexity index is 752. The van der Waals surface area contributed by atoms with Crippen LogP contribution < -0.4 is 4.72 Å². The van der Waals surface area contributed by atoms with Crippen molar-refractivity contribution in [3.8, 4) is 6.07 Å². The molecule has 0 fully saturated rings. The fourth-order valence-corrected chi connectivity index (χ4v) is 3.10. The predicted octanol–water partition coefficient (Wildman–Crippen LogP) is 2.71. The molecule has 0 unspecified atom stereocenters. The van der Waals surface area contributed by atoms with Crippen LogP contribution in [0.4, 0.5) is 5.69 Å². The summed E-state index contributed by atoms with van der Waals surface area (Å²) in [6, 6.07) is 10.2. The highest BCUT2D eigenvalue weighted by Gasteiger charge is 2.14. The predicted molar refractivity (Wildman–Crippen MR) is 78.5 cm³/mol. The molecule has 1 aromatic carbocycles. The summed E-state index contributed by atoms with van der Waals surface area (Å²) in [4.78, 5) is 3.91. The molecule has 0 amide bonds. The van der Waals surface area contributed by atoms with Crippen molar-refractivity contribution in [1.29, 1.82) is 5.26 Å². The SMILES string of the molecule is N#CCc1ccc(NS(=O)(=O)c2cncc(Br)c2)cc1. The van der Waals surface area contributed by atoms with E-state index in [4.69, 9.17) is 5.26 Å². The average Bonchev–Trinajstić information content (AvgIpc) is 2.41. The molecule has 0 aliphatic carbocycles. The van der Waals surface area contributed by atoms with E-state index in [9.17, 15) is 8.42 Å². The van der Waals surface area contributed by atoms with E-state index in [2.05, 4.69) is 25.6 Å². The van der Waals surface area contributed by atoms with Gasteiger partial charge < -0.3 is 0 Å². The number of pyridine rings is 1. The first kappa shape index (κ1) is 14.5. The maximum Gasteiger partial charge on any atom is 0.263 e. The number of nitrogens with one attached hydrogen (secondary N) is 1. The largest absolute Gasteiger partial charge is 0.280 e. The van der Waals surface area contributed by atoms with Gasteiger partial charge in [-0.05, 0) is 39.7 Å². The van der Waals surface area contributed by atoms with Gasteiger partial charge in [0.15, 0.2) is 0 Å².